The second-order valence-electron chi connectivity index (χ2n) is 6.81. The molecule has 30 heavy (non-hydrogen) atoms. The maximum absolute atomic E-state index is 14.1. The van der Waals surface area contributed by atoms with E-state index < -0.39 is 23.3 Å². The van der Waals surface area contributed by atoms with Gasteiger partial charge in [0.25, 0.3) is 0 Å². The van der Waals surface area contributed by atoms with Crippen molar-refractivity contribution >= 4 is 0 Å². The van der Waals surface area contributed by atoms with E-state index in [9.17, 15) is 13.2 Å². The van der Waals surface area contributed by atoms with Gasteiger partial charge in [0.1, 0.15) is 17.8 Å². The molecule has 0 fully saturated rings. The third-order valence-corrected chi connectivity index (χ3v) is 4.49. The van der Waals surface area contributed by atoms with E-state index in [0.29, 0.717) is 17.2 Å². The summed E-state index contributed by atoms with van der Waals surface area (Å²) in [6.45, 7) is 3.81. The summed E-state index contributed by atoms with van der Waals surface area (Å²) >= 11 is 0. The van der Waals surface area contributed by atoms with Crippen LogP contribution >= 0.6 is 0 Å². The van der Waals surface area contributed by atoms with E-state index in [-0.39, 0.29) is 30.7 Å². The van der Waals surface area contributed by atoms with E-state index in [2.05, 4.69) is 32.3 Å². The zero-order valence-corrected chi connectivity index (χ0v) is 19.2. The standard InChI is InChI=1S/C21H14F3N5.Zn/c1-21(2,16-7-4-8-19(26-16)29-12-11-18(23)28-29)15-6-3-5-14(25-15)13-9-10-17(22)27-20(13)24;/h3-8,10-11H,1-2H3;/q-2;+2. The quantitative estimate of drug-likeness (QED) is 0.263. The number of hydrogen-bond donors (Lipinski definition) is 0. The maximum atomic E-state index is 14.1. The minimum atomic E-state index is -0.983. The van der Waals surface area contributed by atoms with E-state index >= 15 is 0 Å². The van der Waals surface area contributed by atoms with Crippen molar-refractivity contribution in [3.63, 3.8) is 0 Å². The fourth-order valence-electron chi connectivity index (χ4n) is 2.88. The molecule has 0 unspecified atom stereocenters. The van der Waals surface area contributed by atoms with Crippen LogP contribution in [0, 0.1) is 30.1 Å². The Bertz CT molecular complexity index is 1190. The van der Waals surface area contributed by atoms with Crippen LogP contribution in [0.25, 0.3) is 17.1 Å². The molecular weight excluding hydrogens is 445 g/mol. The molecule has 0 aliphatic carbocycles. The number of hydrogen-bond acceptors (Lipinski definition) is 4. The minimum Gasteiger partial charge on any atom is -0.341 e. The van der Waals surface area contributed by atoms with E-state index in [1.807, 2.05) is 19.9 Å². The molecule has 0 spiro atoms. The SMILES string of the molecule is CC(C)(c1cccc(-c2[c-]cc(F)nc2F)n1)c1cccc(-n2[c-]cc(F)n2)n1.[Zn+2]. The summed E-state index contributed by atoms with van der Waals surface area (Å²) in [4.78, 5) is 12.3. The largest absolute Gasteiger partial charge is 2.00 e. The van der Waals surface area contributed by atoms with E-state index in [1.165, 1.54) is 4.68 Å². The molecule has 4 aromatic heterocycles. The number of pyridine rings is 3. The number of rotatable bonds is 4. The summed E-state index contributed by atoms with van der Waals surface area (Å²) in [7, 11) is 0. The van der Waals surface area contributed by atoms with Gasteiger partial charge in [0.05, 0.1) is 5.82 Å². The summed E-state index contributed by atoms with van der Waals surface area (Å²) in [5.74, 6) is -2.19. The van der Waals surface area contributed by atoms with E-state index in [0.717, 1.165) is 12.1 Å². The first-order valence-electron chi connectivity index (χ1n) is 8.67. The van der Waals surface area contributed by atoms with Gasteiger partial charge in [-0.05, 0) is 31.7 Å². The molecule has 5 nitrogen and oxygen atoms in total. The van der Waals surface area contributed by atoms with Crippen LogP contribution < -0.4 is 0 Å². The second-order valence-corrected chi connectivity index (χ2v) is 6.81. The summed E-state index contributed by atoms with van der Waals surface area (Å²) in [6.07, 6.45) is 2.65. The molecule has 9 heteroatoms. The van der Waals surface area contributed by atoms with Crippen molar-refractivity contribution < 1.29 is 32.6 Å². The molecule has 146 valence electrons. The minimum absolute atomic E-state index is 0. The van der Waals surface area contributed by atoms with E-state index in [4.69, 9.17) is 0 Å². The van der Waals surface area contributed by atoms with Gasteiger partial charge in [0.15, 0.2) is 0 Å². The van der Waals surface area contributed by atoms with Gasteiger partial charge in [-0.15, -0.1) is 12.1 Å². The summed E-state index contributed by atoms with van der Waals surface area (Å²) in [5.41, 5.74) is 0.825. The number of aromatic nitrogens is 5. The van der Waals surface area contributed by atoms with Gasteiger partial charge in [0, 0.05) is 16.8 Å². The molecule has 4 aromatic rings. The number of nitrogens with zero attached hydrogens (tertiary/aromatic N) is 5. The Morgan fingerprint density at radius 3 is 2.23 bits per heavy atom. The van der Waals surface area contributed by atoms with Crippen molar-refractivity contribution in [2.24, 2.45) is 0 Å². The molecule has 0 aliphatic heterocycles. The van der Waals surface area contributed by atoms with Crippen LogP contribution in [0.3, 0.4) is 0 Å². The summed E-state index contributed by atoms with van der Waals surface area (Å²) < 4.78 is 41.6. The van der Waals surface area contributed by atoms with Crippen molar-refractivity contribution in [2.45, 2.75) is 19.3 Å². The zero-order chi connectivity index (χ0) is 20.6. The average molecular weight is 459 g/mol. The van der Waals surface area contributed by atoms with Gasteiger partial charge in [0.2, 0.25) is 0 Å². The van der Waals surface area contributed by atoms with Crippen LogP contribution in [0.4, 0.5) is 13.2 Å². The van der Waals surface area contributed by atoms with Crippen LogP contribution in [0.15, 0.2) is 48.5 Å². The zero-order valence-electron chi connectivity index (χ0n) is 16.2. The molecular formula is C21H14F3N5Zn. The molecule has 0 saturated carbocycles. The van der Waals surface area contributed by atoms with Gasteiger partial charge in [-0.3, -0.25) is 14.4 Å². The topological polar surface area (TPSA) is 56.5 Å². The van der Waals surface area contributed by atoms with Gasteiger partial charge in [-0.2, -0.15) is 0 Å². The van der Waals surface area contributed by atoms with E-state index in [1.54, 1.807) is 30.3 Å². The van der Waals surface area contributed by atoms with Gasteiger partial charge >= 0.3 is 19.5 Å². The van der Waals surface area contributed by atoms with Crippen molar-refractivity contribution in [3.05, 3.63) is 90.0 Å². The third kappa shape index (κ3) is 4.16. The van der Waals surface area contributed by atoms with Gasteiger partial charge in [-0.25, -0.2) is 13.9 Å². The van der Waals surface area contributed by atoms with Crippen molar-refractivity contribution in [1.29, 1.82) is 0 Å². The molecule has 0 saturated heterocycles. The Hall–Kier alpha value is -2.93. The maximum Gasteiger partial charge on any atom is 2.00 e. The van der Waals surface area contributed by atoms with Crippen LogP contribution in [0.5, 0.6) is 0 Å². The fraction of sp³-hybridized carbons (Fsp3) is 0.143. The second kappa shape index (κ2) is 8.44. The smallest absolute Gasteiger partial charge is 0.341 e. The Morgan fingerprint density at radius 1 is 0.867 bits per heavy atom. The number of halogens is 3. The first-order chi connectivity index (χ1) is 13.8. The monoisotopic (exact) mass is 457 g/mol. The summed E-state index contributed by atoms with van der Waals surface area (Å²) in [5, 5.41) is 3.68. The molecule has 0 atom stereocenters. The molecule has 0 N–H and O–H groups in total. The van der Waals surface area contributed by atoms with Gasteiger partial charge in [-0.1, -0.05) is 42.1 Å². The van der Waals surface area contributed by atoms with Crippen LogP contribution in [-0.4, -0.2) is 24.7 Å². The van der Waals surface area contributed by atoms with Crippen LogP contribution in [-0.2, 0) is 24.9 Å². The van der Waals surface area contributed by atoms with Crippen LogP contribution in [0.1, 0.15) is 25.2 Å². The predicted molar refractivity (Wildman–Crippen MR) is 98.5 cm³/mol. The average Bonchev–Trinajstić information content (AvgIpc) is 3.14. The first kappa shape index (κ1) is 21.8. The summed E-state index contributed by atoms with van der Waals surface area (Å²) in [6, 6.07) is 15.0. The molecule has 0 bridgehead atoms. The van der Waals surface area contributed by atoms with Crippen molar-refractivity contribution in [2.75, 3.05) is 0 Å². The Balaban J connectivity index is 0.00000256. The molecule has 0 radical (unpaired) electrons. The molecule has 0 amide bonds. The van der Waals surface area contributed by atoms with Crippen molar-refractivity contribution in [3.8, 4) is 17.1 Å². The molecule has 0 aromatic carbocycles. The third-order valence-electron chi connectivity index (χ3n) is 4.49. The first-order valence-corrected chi connectivity index (χ1v) is 8.67. The Morgan fingerprint density at radius 2 is 1.57 bits per heavy atom. The molecule has 4 rings (SSSR count). The predicted octanol–water partition coefficient (Wildman–Crippen LogP) is 4.07. The molecule has 4 heterocycles. The fourth-order valence-corrected chi connectivity index (χ4v) is 2.88. The molecule has 0 aliphatic rings. The Kier molecular flexibility index (Phi) is 6.12. The van der Waals surface area contributed by atoms with Crippen molar-refractivity contribution in [1.82, 2.24) is 24.7 Å². The van der Waals surface area contributed by atoms with Gasteiger partial charge < -0.3 is 9.67 Å². The normalized spacial score (nSPS) is 11.2. The Labute approximate surface area is 183 Å². The van der Waals surface area contributed by atoms with Crippen LogP contribution in [0.2, 0.25) is 0 Å².